The Morgan fingerprint density at radius 1 is 0.840 bits per heavy atom. The Kier molecular flexibility index (Phi) is 5.76. The summed E-state index contributed by atoms with van der Waals surface area (Å²) in [6.07, 6.45) is 1.39. The normalized spacial score (nSPS) is 15.3. The number of hydrogen-bond donors (Lipinski definition) is 0. The molecule has 1 aliphatic heterocycles. The van der Waals surface area contributed by atoms with Gasteiger partial charge in [-0.3, -0.25) is 4.79 Å². The fourth-order valence-electron chi connectivity index (χ4n) is 2.47. The van der Waals surface area contributed by atoms with Crippen molar-refractivity contribution in [3.05, 3.63) is 72.5 Å². The van der Waals surface area contributed by atoms with E-state index in [1.807, 2.05) is 60.7 Å². The van der Waals surface area contributed by atoms with Crippen molar-refractivity contribution in [1.82, 2.24) is 0 Å². The zero-order chi connectivity index (χ0) is 17.6. The first kappa shape index (κ1) is 17.5. The molecular weight excluding hydrogens is 317 g/mol. The van der Waals surface area contributed by atoms with Gasteiger partial charge in [-0.05, 0) is 24.8 Å². The third-order valence-corrected chi connectivity index (χ3v) is 3.55. The monoisotopic (exact) mass is 334 g/mol. The molecule has 1 saturated heterocycles. The summed E-state index contributed by atoms with van der Waals surface area (Å²) >= 11 is 0. The van der Waals surface area contributed by atoms with Crippen molar-refractivity contribution >= 4 is 38.3 Å². The van der Waals surface area contributed by atoms with E-state index in [-0.39, 0.29) is 5.78 Å². The molecule has 5 nitrogen and oxygen atoms in total. The summed E-state index contributed by atoms with van der Waals surface area (Å²) in [7, 11) is -2.27. The van der Waals surface area contributed by atoms with Crippen LogP contribution in [0.4, 0.5) is 0 Å². The van der Waals surface area contributed by atoms with E-state index in [1.165, 1.54) is 13.0 Å². The minimum atomic E-state index is -0.986. The van der Waals surface area contributed by atoms with Gasteiger partial charge in [0, 0.05) is 6.08 Å². The van der Waals surface area contributed by atoms with Crippen LogP contribution in [-0.4, -0.2) is 27.3 Å². The van der Waals surface area contributed by atoms with Gasteiger partial charge in [0.1, 0.15) is 0 Å². The molecule has 0 aromatic heterocycles. The average Bonchev–Trinajstić information content (AvgIpc) is 2.62. The number of ketones is 1. The Labute approximate surface area is 148 Å². The van der Waals surface area contributed by atoms with Crippen LogP contribution in [0.5, 0.6) is 0 Å². The summed E-state index contributed by atoms with van der Waals surface area (Å²) in [5.41, 5.74) is 1.71. The molecule has 2 aromatic carbocycles. The largest absolute Gasteiger partial charge is 0.685 e. The zero-order valence-electron chi connectivity index (χ0n) is 14.1. The molecule has 124 valence electrons. The third-order valence-electron chi connectivity index (χ3n) is 3.55. The molecule has 2 aromatic rings. The summed E-state index contributed by atoms with van der Waals surface area (Å²) < 4.78 is 23.1. The van der Waals surface area contributed by atoms with Gasteiger partial charge < -0.3 is 18.4 Å². The second kappa shape index (κ2) is 8.20. The Bertz CT molecular complexity index is 691. The highest BCUT2D eigenvalue weighted by Crippen LogP contribution is 2.13. The first-order chi connectivity index (χ1) is 12.1. The summed E-state index contributed by atoms with van der Waals surface area (Å²) in [5.74, 6) is 0.307. The lowest BCUT2D eigenvalue weighted by atomic mass is 9.67. The van der Waals surface area contributed by atoms with Crippen LogP contribution >= 0.6 is 0 Å². The first-order valence-electron chi connectivity index (χ1n) is 8.03. The van der Waals surface area contributed by atoms with Gasteiger partial charge in [-0.15, -0.1) is 0 Å². The number of carbonyl (C=O) groups excluding carboxylic acids is 1. The number of allylic oxidation sites excluding steroid dienone is 2. The van der Waals surface area contributed by atoms with Gasteiger partial charge >= 0.3 is 21.6 Å². The highest BCUT2D eigenvalue weighted by molar-refractivity contribution is 6.82. The Morgan fingerprint density at radius 2 is 1.32 bits per heavy atom. The third kappa shape index (κ3) is 4.86. The standard InChI is InChI=1S/C17H17B3O5/c1-14(21)13-15(2)22-20-24-18(16-9-5-3-6-10-16)23-19(25-20)17-11-7-4-8-12-17/h3-13H,1-2H3/b15-13+. The van der Waals surface area contributed by atoms with E-state index in [9.17, 15) is 4.79 Å². The van der Waals surface area contributed by atoms with Crippen LogP contribution in [0.3, 0.4) is 0 Å². The second-order valence-electron chi connectivity index (χ2n) is 5.67. The smallest absolute Gasteiger partial charge is 0.517 e. The zero-order valence-corrected chi connectivity index (χ0v) is 14.1. The van der Waals surface area contributed by atoms with E-state index in [4.69, 9.17) is 18.4 Å². The van der Waals surface area contributed by atoms with Crippen molar-refractivity contribution in [2.75, 3.05) is 0 Å². The summed E-state index contributed by atoms with van der Waals surface area (Å²) in [6, 6.07) is 19.1. The number of benzene rings is 2. The van der Waals surface area contributed by atoms with Crippen LogP contribution in [-0.2, 0) is 23.2 Å². The predicted octanol–water partition coefficient (Wildman–Crippen LogP) is 1.33. The molecular formula is C17H17B3O5. The van der Waals surface area contributed by atoms with Crippen LogP contribution in [0.2, 0.25) is 0 Å². The summed E-state index contributed by atoms with van der Waals surface area (Å²) in [4.78, 5) is 11.2. The lowest BCUT2D eigenvalue weighted by molar-refractivity contribution is -0.112. The first-order valence-corrected chi connectivity index (χ1v) is 8.03. The van der Waals surface area contributed by atoms with Crippen LogP contribution < -0.4 is 10.9 Å². The number of hydrogen-bond acceptors (Lipinski definition) is 5. The molecule has 0 bridgehead atoms. The SMILES string of the molecule is CC(=O)/C=C(\C)OB1OB(c2ccccc2)OB(c2ccccc2)O1. The molecule has 3 rings (SSSR count). The van der Waals surface area contributed by atoms with Crippen LogP contribution in [0.25, 0.3) is 0 Å². The minimum absolute atomic E-state index is 0.108. The van der Waals surface area contributed by atoms with E-state index in [0.29, 0.717) is 5.76 Å². The second-order valence-corrected chi connectivity index (χ2v) is 5.67. The Hall–Kier alpha value is -2.28. The van der Waals surface area contributed by atoms with Gasteiger partial charge in [-0.25, -0.2) is 0 Å². The molecule has 0 atom stereocenters. The van der Waals surface area contributed by atoms with E-state index in [1.54, 1.807) is 6.92 Å². The van der Waals surface area contributed by atoms with E-state index in [2.05, 4.69) is 0 Å². The maximum absolute atomic E-state index is 11.2. The van der Waals surface area contributed by atoms with Gasteiger partial charge in [0.2, 0.25) is 0 Å². The molecule has 0 aliphatic carbocycles. The predicted molar refractivity (Wildman–Crippen MR) is 98.2 cm³/mol. The molecule has 0 amide bonds. The molecule has 0 saturated carbocycles. The van der Waals surface area contributed by atoms with Gasteiger partial charge in [-0.2, -0.15) is 0 Å². The van der Waals surface area contributed by atoms with Crippen molar-refractivity contribution in [2.24, 2.45) is 0 Å². The summed E-state index contributed by atoms with van der Waals surface area (Å²) in [5, 5.41) is 0. The topological polar surface area (TPSA) is 54.0 Å². The van der Waals surface area contributed by atoms with Gasteiger partial charge in [0.25, 0.3) is 0 Å². The molecule has 1 aliphatic rings. The average molecular weight is 334 g/mol. The Morgan fingerprint density at radius 3 is 1.76 bits per heavy atom. The summed E-state index contributed by atoms with van der Waals surface area (Å²) in [6.45, 7) is 3.14. The number of carbonyl (C=O) groups is 1. The molecule has 25 heavy (non-hydrogen) atoms. The van der Waals surface area contributed by atoms with Crippen LogP contribution in [0.15, 0.2) is 72.5 Å². The molecule has 8 heteroatoms. The van der Waals surface area contributed by atoms with E-state index < -0.39 is 21.6 Å². The van der Waals surface area contributed by atoms with Crippen molar-refractivity contribution in [3.63, 3.8) is 0 Å². The molecule has 0 spiro atoms. The van der Waals surface area contributed by atoms with Crippen LogP contribution in [0, 0.1) is 0 Å². The quantitative estimate of drug-likeness (QED) is 0.469. The van der Waals surface area contributed by atoms with Crippen LogP contribution in [0.1, 0.15) is 13.8 Å². The molecule has 1 fully saturated rings. The maximum atomic E-state index is 11.2. The van der Waals surface area contributed by atoms with Crippen molar-refractivity contribution < 1.29 is 23.2 Å². The van der Waals surface area contributed by atoms with Crippen molar-refractivity contribution in [2.45, 2.75) is 13.8 Å². The van der Waals surface area contributed by atoms with Gasteiger partial charge in [-0.1, -0.05) is 60.7 Å². The van der Waals surface area contributed by atoms with Gasteiger partial charge in [0.05, 0.1) is 5.76 Å². The molecule has 0 N–H and O–H groups in total. The Balaban J connectivity index is 1.82. The van der Waals surface area contributed by atoms with Crippen molar-refractivity contribution in [3.8, 4) is 0 Å². The lowest BCUT2D eigenvalue weighted by Gasteiger charge is -2.30. The van der Waals surface area contributed by atoms with E-state index >= 15 is 0 Å². The molecule has 1 heterocycles. The fourth-order valence-corrected chi connectivity index (χ4v) is 2.47. The molecule has 0 radical (unpaired) electrons. The van der Waals surface area contributed by atoms with Gasteiger partial charge in [0.15, 0.2) is 5.78 Å². The molecule has 0 unspecified atom stereocenters. The highest BCUT2D eigenvalue weighted by atomic mass is 16.8. The number of rotatable bonds is 5. The highest BCUT2D eigenvalue weighted by Gasteiger charge is 2.45. The lowest BCUT2D eigenvalue weighted by Crippen LogP contribution is -2.58. The van der Waals surface area contributed by atoms with Crippen molar-refractivity contribution in [1.29, 1.82) is 0 Å². The minimum Gasteiger partial charge on any atom is -0.517 e. The van der Waals surface area contributed by atoms with E-state index in [0.717, 1.165) is 10.9 Å². The maximum Gasteiger partial charge on any atom is 0.685 e. The fraction of sp³-hybridized carbons (Fsp3) is 0.118.